The highest BCUT2D eigenvalue weighted by molar-refractivity contribution is 5.85. The lowest BCUT2D eigenvalue weighted by Crippen LogP contribution is -2.47. The van der Waals surface area contributed by atoms with Crippen LogP contribution in [-0.2, 0) is 4.79 Å². The Balaban J connectivity index is 1.98. The zero-order valence-corrected chi connectivity index (χ0v) is 11.8. The van der Waals surface area contributed by atoms with Crippen LogP contribution in [0.5, 0.6) is 0 Å². The Labute approximate surface area is 106 Å². The second-order valence-electron chi connectivity index (χ2n) is 6.68. The summed E-state index contributed by atoms with van der Waals surface area (Å²) in [5, 5.41) is 0. The number of piperidine rings is 1. The van der Waals surface area contributed by atoms with Gasteiger partial charge in [0.1, 0.15) is 0 Å². The van der Waals surface area contributed by atoms with Crippen LogP contribution in [0.2, 0.25) is 0 Å². The van der Waals surface area contributed by atoms with Crippen molar-refractivity contribution in [3.8, 4) is 0 Å². The second-order valence-corrected chi connectivity index (χ2v) is 6.68. The molecule has 1 heterocycles. The molecule has 2 atom stereocenters. The average Bonchev–Trinajstić information content (AvgIpc) is 3.06. The second kappa shape index (κ2) is 4.62. The molecule has 1 amide bonds. The highest BCUT2D eigenvalue weighted by Crippen LogP contribution is 2.47. The molecule has 1 saturated carbocycles. The molecule has 1 saturated heterocycles. The maximum absolute atomic E-state index is 12.3. The van der Waals surface area contributed by atoms with Crippen molar-refractivity contribution in [2.24, 2.45) is 23.2 Å². The lowest BCUT2D eigenvalue weighted by Gasteiger charge is -2.41. The third-order valence-corrected chi connectivity index (χ3v) is 4.98. The molecule has 0 unspecified atom stereocenters. The first-order valence-corrected chi connectivity index (χ1v) is 7.27. The van der Waals surface area contributed by atoms with Crippen LogP contribution in [0.25, 0.3) is 0 Å². The fraction of sp³-hybridized carbons (Fsp3) is 0.933. The van der Waals surface area contributed by atoms with Crippen molar-refractivity contribution in [3.05, 3.63) is 0 Å². The van der Waals surface area contributed by atoms with Crippen LogP contribution in [0.15, 0.2) is 0 Å². The van der Waals surface area contributed by atoms with Crippen molar-refractivity contribution < 1.29 is 4.79 Å². The Morgan fingerprint density at radius 2 is 2.06 bits per heavy atom. The van der Waals surface area contributed by atoms with Crippen LogP contribution >= 0.6 is 0 Å². The van der Waals surface area contributed by atoms with E-state index < -0.39 is 0 Å². The van der Waals surface area contributed by atoms with Crippen LogP contribution in [0.4, 0.5) is 0 Å². The zero-order valence-electron chi connectivity index (χ0n) is 11.8. The molecule has 2 nitrogen and oxygen atoms in total. The van der Waals surface area contributed by atoms with E-state index in [1.165, 1.54) is 12.8 Å². The van der Waals surface area contributed by atoms with Gasteiger partial charge in [-0.25, -0.2) is 0 Å². The van der Waals surface area contributed by atoms with E-state index in [0.717, 1.165) is 43.7 Å². The van der Waals surface area contributed by atoms with Gasteiger partial charge < -0.3 is 4.90 Å². The SMILES string of the molecule is CC[C@@H]1CN(C(=O)C2(C)CC2)CC[C@H]1C(C)C. The number of hydrogen-bond acceptors (Lipinski definition) is 1. The van der Waals surface area contributed by atoms with E-state index >= 15 is 0 Å². The number of likely N-dealkylation sites (tertiary alicyclic amines) is 1. The molecule has 98 valence electrons. The minimum absolute atomic E-state index is 0.0168. The van der Waals surface area contributed by atoms with E-state index in [0.29, 0.717) is 5.91 Å². The quantitative estimate of drug-likeness (QED) is 0.737. The molecule has 2 aliphatic rings. The summed E-state index contributed by atoms with van der Waals surface area (Å²) in [5.41, 5.74) is 0.0168. The van der Waals surface area contributed by atoms with E-state index in [-0.39, 0.29) is 5.41 Å². The van der Waals surface area contributed by atoms with Gasteiger partial charge in [0.25, 0.3) is 0 Å². The van der Waals surface area contributed by atoms with E-state index in [2.05, 4.69) is 32.6 Å². The van der Waals surface area contributed by atoms with E-state index in [1.54, 1.807) is 0 Å². The maximum Gasteiger partial charge on any atom is 0.228 e. The Morgan fingerprint density at radius 1 is 1.41 bits per heavy atom. The van der Waals surface area contributed by atoms with Crippen molar-refractivity contribution in [1.82, 2.24) is 4.90 Å². The minimum Gasteiger partial charge on any atom is -0.342 e. The van der Waals surface area contributed by atoms with Gasteiger partial charge in [-0.15, -0.1) is 0 Å². The zero-order chi connectivity index (χ0) is 12.6. The predicted octanol–water partition coefficient (Wildman–Crippen LogP) is 3.32. The third-order valence-electron chi connectivity index (χ3n) is 4.98. The van der Waals surface area contributed by atoms with Crippen LogP contribution in [0.1, 0.15) is 53.4 Å². The van der Waals surface area contributed by atoms with Gasteiger partial charge in [-0.1, -0.05) is 34.1 Å². The van der Waals surface area contributed by atoms with Crippen molar-refractivity contribution in [3.63, 3.8) is 0 Å². The summed E-state index contributed by atoms with van der Waals surface area (Å²) in [6.45, 7) is 11.1. The molecule has 0 bridgehead atoms. The van der Waals surface area contributed by atoms with Gasteiger partial charge in [0.05, 0.1) is 0 Å². The van der Waals surface area contributed by atoms with Crippen molar-refractivity contribution in [2.45, 2.75) is 53.4 Å². The molecule has 1 aliphatic heterocycles. The predicted molar refractivity (Wildman–Crippen MR) is 70.6 cm³/mol. The highest BCUT2D eigenvalue weighted by atomic mass is 16.2. The fourth-order valence-corrected chi connectivity index (χ4v) is 3.33. The first-order valence-electron chi connectivity index (χ1n) is 7.27. The Hall–Kier alpha value is -0.530. The van der Waals surface area contributed by atoms with Gasteiger partial charge in [0.15, 0.2) is 0 Å². The Morgan fingerprint density at radius 3 is 2.53 bits per heavy atom. The number of carbonyl (C=O) groups excluding carboxylic acids is 1. The molecule has 2 heteroatoms. The van der Waals surface area contributed by atoms with Gasteiger partial charge >= 0.3 is 0 Å². The molecule has 0 N–H and O–H groups in total. The van der Waals surface area contributed by atoms with Gasteiger partial charge in [-0.2, -0.15) is 0 Å². The van der Waals surface area contributed by atoms with Crippen molar-refractivity contribution in [1.29, 1.82) is 0 Å². The summed E-state index contributed by atoms with van der Waals surface area (Å²) in [4.78, 5) is 14.5. The maximum atomic E-state index is 12.3. The molecule has 0 radical (unpaired) electrons. The molecule has 17 heavy (non-hydrogen) atoms. The molecule has 0 spiro atoms. The smallest absolute Gasteiger partial charge is 0.228 e. The van der Waals surface area contributed by atoms with E-state index in [9.17, 15) is 4.79 Å². The lowest BCUT2D eigenvalue weighted by molar-refractivity contribution is -0.139. The van der Waals surface area contributed by atoms with Crippen LogP contribution in [-0.4, -0.2) is 23.9 Å². The Kier molecular flexibility index (Phi) is 3.51. The normalized spacial score (nSPS) is 31.7. The van der Waals surface area contributed by atoms with Gasteiger partial charge in [0, 0.05) is 18.5 Å². The van der Waals surface area contributed by atoms with Crippen molar-refractivity contribution >= 4 is 5.91 Å². The van der Waals surface area contributed by atoms with Gasteiger partial charge in [0.2, 0.25) is 5.91 Å². The monoisotopic (exact) mass is 237 g/mol. The largest absolute Gasteiger partial charge is 0.342 e. The number of hydrogen-bond donors (Lipinski definition) is 0. The molecule has 0 aromatic heterocycles. The fourth-order valence-electron chi connectivity index (χ4n) is 3.33. The van der Waals surface area contributed by atoms with Crippen molar-refractivity contribution in [2.75, 3.05) is 13.1 Å². The number of rotatable bonds is 3. The van der Waals surface area contributed by atoms with E-state index in [4.69, 9.17) is 0 Å². The third kappa shape index (κ3) is 2.51. The summed E-state index contributed by atoms with van der Waals surface area (Å²) in [6.07, 6.45) is 4.63. The Bertz CT molecular complexity index is 293. The molecule has 0 aromatic rings. The lowest BCUT2D eigenvalue weighted by atomic mass is 9.76. The number of nitrogens with zero attached hydrogens (tertiary/aromatic N) is 1. The van der Waals surface area contributed by atoms with Gasteiger partial charge in [-0.3, -0.25) is 4.79 Å². The summed E-state index contributed by atoms with van der Waals surface area (Å²) in [5.74, 6) is 2.72. The molecule has 2 rings (SSSR count). The highest BCUT2D eigenvalue weighted by Gasteiger charge is 2.48. The minimum atomic E-state index is 0.0168. The molecule has 0 aromatic carbocycles. The summed E-state index contributed by atoms with van der Waals surface area (Å²) < 4.78 is 0. The summed E-state index contributed by atoms with van der Waals surface area (Å²) in [6, 6.07) is 0. The molecular weight excluding hydrogens is 210 g/mol. The first kappa shape index (κ1) is 12.9. The number of carbonyl (C=O) groups is 1. The molecule has 2 fully saturated rings. The van der Waals surface area contributed by atoms with Crippen LogP contribution in [0.3, 0.4) is 0 Å². The van der Waals surface area contributed by atoms with Crippen LogP contribution in [0, 0.1) is 23.2 Å². The topological polar surface area (TPSA) is 20.3 Å². The van der Waals surface area contributed by atoms with Gasteiger partial charge in [-0.05, 0) is 37.0 Å². The summed E-state index contributed by atoms with van der Waals surface area (Å²) >= 11 is 0. The van der Waals surface area contributed by atoms with E-state index in [1.807, 2.05) is 0 Å². The number of amides is 1. The standard InChI is InChI=1S/C15H27NO/c1-5-12-10-16(9-6-13(12)11(2)3)14(17)15(4)7-8-15/h11-13H,5-10H2,1-4H3/t12-,13+/m1/s1. The summed E-state index contributed by atoms with van der Waals surface area (Å²) in [7, 11) is 0. The molecule has 1 aliphatic carbocycles. The first-order chi connectivity index (χ1) is 7.98. The molecular formula is C15H27NO. The van der Waals surface area contributed by atoms with Crippen LogP contribution < -0.4 is 0 Å². The average molecular weight is 237 g/mol.